The quantitative estimate of drug-likeness (QED) is 0.772. The molecule has 164 valence electrons. The van der Waals surface area contributed by atoms with Gasteiger partial charge >= 0.3 is 0 Å². The second-order valence-corrected chi connectivity index (χ2v) is 8.81. The summed E-state index contributed by atoms with van der Waals surface area (Å²) in [5, 5.41) is 4.90. The fourth-order valence-corrected chi connectivity index (χ4v) is 4.86. The third-order valence-corrected chi connectivity index (χ3v) is 6.80. The summed E-state index contributed by atoms with van der Waals surface area (Å²) in [6.45, 7) is 3.25. The van der Waals surface area contributed by atoms with E-state index in [0.29, 0.717) is 57.8 Å². The van der Waals surface area contributed by atoms with Gasteiger partial charge in [0.1, 0.15) is 6.04 Å². The Labute approximate surface area is 186 Å². The molecule has 4 rings (SSSR count). The first kappa shape index (κ1) is 21.5. The normalized spacial score (nSPS) is 18.5. The Morgan fingerprint density at radius 1 is 0.935 bits per heavy atom. The zero-order valence-electron chi connectivity index (χ0n) is 17.4. The lowest BCUT2D eigenvalue weighted by molar-refractivity contribution is -0.139. The highest BCUT2D eigenvalue weighted by Crippen LogP contribution is 2.25. The lowest BCUT2D eigenvalue weighted by Crippen LogP contribution is -2.56. The van der Waals surface area contributed by atoms with Crippen LogP contribution < -0.4 is 5.32 Å². The summed E-state index contributed by atoms with van der Waals surface area (Å²) in [6.07, 6.45) is 1.35. The van der Waals surface area contributed by atoms with Crippen LogP contribution in [0.3, 0.4) is 0 Å². The molecule has 3 amide bonds. The molecule has 7 nitrogen and oxygen atoms in total. The summed E-state index contributed by atoms with van der Waals surface area (Å²) >= 11 is 1.44. The molecule has 2 aliphatic heterocycles. The van der Waals surface area contributed by atoms with Gasteiger partial charge in [0.25, 0.3) is 11.8 Å². The molecule has 0 unspecified atom stereocenters. The SMILES string of the molecule is O=C(N[C@H](C(=O)N1CCOCC1)C1CCN(C(=O)c2cccs2)CC1)c1ccccc1. The lowest BCUT2D eigenvalue weighted by atomic mass is 9.88. The Hall–Kier alpha value is -2.71. The highest BCUT2D eigenvalue weighted by Gasteiger charge is 2.36. The number of carbonyl (C=O) groups is 3. The topological polar surface area (TPSA) is 79.0 Å². The Bertz CT molecular complexity index is 889. The van der Waals surface area contributed by atoms with Gasteiger partial charge in [0, 0.05) is 31.7 Å². The number of piperidine rings is 1. The summed E-state index contributed by atoms with van der Waals surface area (Å²) in [5.41, 5.74) is 0.535. The van der Waals surface area contributed by atoms with Crippen molar-refractivity contribution >= 4 is 29.1 Å². The maximum absolute atomic E-state index is 13.3. The number of nitrogens with zero attached hydrogens (tertiary/aromatic N) is 2. The first-order valence-corrected chi connectivity index (χ1v) is 11.6. The van der Waals surface area contributed by atoms with Gasteiger partial charge in [0.05, 0.1) is 18.1 Å². The molecule has 0 aliphatic carbocycles. The Balaban J connectivity index is 1.45. The van der Waals surface area contributed by atoms with Gasteiger partial charge in [-0.15, -0.1) is 11.3 Å². The van der Waals surface area contributed by atoms with E-state index >= 15 is 0 Å². The molecule has 2 saturated heterocycles. The Morgan fingerprint density at radius 2 is 1.65 bits per heavy atom. The number of thiophene rings is 1. The molecule has 3 heterocycles. The predicted molar refractivity (Wildman–Crippen MR) is 118 cm³/mol. The van der Waals surface area contributed by atoms with Crippen LogP contribution in [-0.4, -0.2) is 73.0 Å². The van der Waals surface area contributed by atoms with Gasteiger partial charge in [-0.2, -0.15) is 0 Å². The summed E-state index contributed by atoms with van der Waals surface area (Å²) < 4.78 is 5.38. The number of morpholine rings is 1. The summed E-state index contributed by atoms with van der Waals surface area (Å²) in [4.78, 5) is 43.2. The number of hydrogen-bond acceptors (Lipinski definition) is 5. The van der Waals surface area contributed by atoms with E-state index < -0.39 is 6.04 Å². The van der Waals surface area contributed by atoms with Crippen molar-refractivity contribution in [3.05, 3.63) is 58.3 Å². The van der Waals surface area contributed by atoms with Crippen molar-refractivity contribution in [2.75, 3.05) is 39.4 Å². The Morgan fingerprint density at radius 3 is 2.29 bits per heavy atom. The van der Waals surface area contributed by atoms with Crippen LogP contribution in [0.25, 0.3) is 0 Å². The minimum atomic E-state index is -0.607. The van der Waals surface area contributed by atoms with Crippen molar-refractivity contribution in [3.8, 4) is 0 Å². The van der Waals surface area contributed by atoms with Gasteiger partial charge in [0.2, 0.25) is 5.91 Å². The number of benzene rings is 1. The van der Waals surface area contributed by atoms with Crippen LogP contribution >= 0.6 is 11.3 Å². The molecule has 0 radical (unpaired) electrons. The van der Waals surface area contributed by atoms with E-state index in [9.17, 15) is 14.4 Å². The van der Waals surface area contributed by atoms with E-state index in [1.807, 2.05) is 40.6 Å². The van der Waals surface area contributed by atoms with E-state index in [2.05, 4.69) is 5.32 Å². The summed E-state index contributed by atoms with van der Waals surface area (Å²) in [6, 6.07) is 12.1. The molecule has 1 aromatic heterocycles. The average Bonchev–Trinajstić information content (AvgIpc) is 3.38. The number of nitrogens with one attached hydrogen (secondary N) is 1. The fraction of sp³-hybridized carbons (Fsp3) is 0.435. The highest BCUT2D eigenvalue weighted by atomic mass is 32.1. The average molecular weight is 442 g/mol. The van der Waals surface area contributed by atoms with E-state index in [1.165, 1.54) is 11.3 Å². The summed E-state index contributed by atoms with van der Waals surface area (Å²) in [5.74, 6) is -0.284. The number of likely N-dealkylation sites (tertiary alicyclic amines) is 1. The molecule has 0 spiro atoms. The zero-order chi connectivity index (χ0) is 21.6. The maximum atomic E-state index is 13.3. The number of ether oxygens (including phenoxy) is 1. The third-order valence-electron chi connectivity index (χ3n) is 5.94. The Kier molecular flexibility index (Phi) is 6.99. The zero-order valence-corrected chi connectivity index (χ0v) is 18.2. The van der Waals surface area contributed by atoms with E-state index in [0.717, 1.165) is 4.88 Å². The van der Waals surface area contributed by atoms with Crippen LogP contribution in [0, 0.1) is 5.92 Å². The molecular weight excluding hydrogens is 414 g/mol. The van der Waals surface area contributed by atoms with Crippen LogP contribution in [0.2, 0.25) is 0 Å². The van der Waals surface area contributed by atoms with Crippen molar-refractivity contribution in [2.45, 2.75) is 18.9 Å². The van der Waals surface area contributed by atoms with Gasteiger partial charge in [0.15, 0.2) is 0 Å². The molecule has 1 N–H and O–H groups in total. The van der Waals surface area contributed by atoms with Gasteiger partial charge in [-0.05, 0) is 42.3 Å². The largest absolute Gasteiger partial charge is 0.378 e. The highest BCUT2D eigenvalue weighted by molar-refractivity contribution is 7.12. The van der Waals surface area contributed by atoms with Crippen LogP contribution in [0.1, 0.15) is 32.9 Å². The van der Waals surface area contributed by atoms with Crippen molar-refractivity contribution in [1.82, 2.24) is 15.1 Å². The fourth-order valence-electron chi connectivity index (χ4n) is 4.17. The molecule has 31 heavy (non-hydrogen) atoms. The summed E-state index contributed by atoms with van der Waals surface area (Å²) in [7, 11) is 0. The van der Waals surface area contributed by atoms with Crippen LogP contribution in [0.15, 0.2) is 47.8 Å². The van der Waals surface area contributed by atoms with E-state index in [-0.39, 0.29) is 23.6 Å². The van der Waals surface area contributed by atoms with Gasteiger partial charge in [-0.25, -0.2) is 0 Å². The monoisotopic (exact) mass is 441 g/mol. The minimum Gasteiger partial charge on any atom is -0.378 e. The minimum absolute atomic E-state index is 0.0182. The molecular formula is C23H27N3O4S. The predicted octanol–water partition coefficient (Wildman–Crippen LogP) is 2.26. The number of amides is 3. The van der Waals surface area contributed by atoms with Crippen LogP contribution in [0.5, 0.6) is 0 Å². The van der Waals surface area contributed by atoms with Crippen molar-refractivity contribution in [2.24, 2.45) is 5.92 Å². The van der Waals surface area contributed by atoms with E-state index in [1.54, 1.807) is 17.0 Å². The molecule has 2 fully saturated rings. The first-order chi connectivity index (χ1) is 15.1. The van der Waals surface area contributed by atoms with Crippen LogP contribution in [-0.2, 0) is 9.53 Å². The standard InChI is InChI=1S/C23H27N3O4S/c27-21(18-5-2-1-3-6-18)24-20(23(29)26-12-14-30-15-13-26)17-8-10-25(11-9-17)22(28)19-7-4-16-31-19/h1-7,16-17,20H,8-15H2,(H,24,27)/t20-/m0/s1. The number of rotatable bonds is 5. The smallest absolute Gasteiger partial charge is 0.263 e. The third kappa shape index (κ3) is 5.14. The van der Waals surface area contributed by atoms with E-state index in [4.69, 9.17) is 4.74 Å². The molecule has 2 aromatic rings. The second-order valence-electron chi connectivity index (χ2n) is 7.86. The molecule has 1 atom stereocenters. The molecule has 0 bridgehead atoms. The first-order valence-electron chi connectivity index (χ1n) is 10.7. The van der Waals surface area contributed by atoms with Crippen molar-refractivity contribution in [1.29, 1.82) is 0 Å². The second kappa shape index (κ2) is 10.1. The number of hydrogen-bond donors (Lipinski definition) is 1. The van der Waals surface area contributed by atoms with Crippen molar-refractivity contribution in [3.63, 3.8) is 0 Å². The maximum Gasteiger partial charge on any atom is 0.263 e. The molecule has 1 aromatic carbocycles. The molecule has 8 heteroatoms. The lowest BCUT2D eigenvalue weighted by Gasteiger charge is -2.38. The molecule has 0 saturated carbocycles. The van der Waals surface area contributed by atoms with Gasteiger partial charge in [-0.1, -0.05) is 24.3 Å². The number of carbonyl (C=O) groups excluding carboxylic acids is 3. The van der Waals surface area contributed by atoms with Crippen LogP contribution in [0.4, 0.5) is 0 Å². The molecule has 2 aliphatic rings. The van der Waals surface area contributed by atoms with Crippen molar-refractivity contribution < 1.29 is 19.1 Å². The van der Waals surface area contributed by atoms with Gasteiger partial charge in [-0.3, -0.25) is 14.4 Å². The van der Waals surface area contributed by atoms with Gasteiger partial charge < -0.3 is 19.9 Å².